The molecule has 17 heavy (non-hydrogen) atoms. The molecule has 2 rings (SSSR count). The first-order chi connectivity index (χ1) is 7.99. The maximum atomic E-state index is 6.09. The molecule has 1 saturated carbocycles. The summed E-state index contributed by atoms with van der Waals surface area (Å²) in [6.45, 7) is 6.88. The summed E-state index contributed by atoms with van der Waals surface area (Å²) in [7, 11) is 0. The van der Waals surface area contributed by atoms with Gasteiger partial charge in [-0.3, -0.25) is 0 Å². The summed E-state index contributed by atoms with van der Waals surface area (Å²) in [5.74, 6) is 0.709. The van der Waals surface area contributed by atoms with E-state index >= 15 is 0 Å². The number of benzene rings is 1. The number of rotatable bonds is 2. The van der Waals surface area contributed by atoms with Crippen molar-refractivity contribution in [1.82, 2.24) is 0 Å². The Bertz CT molecular complexity index is 379. The maximum absolute atomic E-state index is 6.09. The van der Waals surface area contributed by atoms with Crippen LogP contribution in [0.4, 0.5) is 0 Å². The van der Waals surface area contributed by atoms with Gasteiger partial charge in [0.15, 0.2) is 0 Å². The minimum absolute atomic E-state index is 0.149. The second kappa shape index (κ2) is 4.81. The third kappa shape index (κ3) is 2.90. The van der Waals surface area contributed by atoms with E-state index in [-0.39, 0.29) is 6.04 Å². The minimum Gasteiger partial charge on any atom is -0.324 e. The van der Waals surface area contributed by atoms with E-state index in [0.717, 1.165) is 0 Å². The van der Waals surface area contributed by atoms with Crippen molar-refractivity contribution >= 4 is 0 Å². The molecule has 1 heteroatoms. The molecule has 0 saturated heterocycles. The average Bonchev–Trinajstić information content (AvgIpc) is 2.27. The van der Waals surface area contributed by atoms with Gasteiger partial charge in [0.2, 0.25) is 0 Å². The van der Waals surface area contributed by atoms with Crippen LogP contribution in [0.5, 0.6) is 0 Å². The Morgan fingerprint density at radius 2 is 2.00 bits per heavy atom. The predicted molar refractivity (Wildman–Crippen MR) is 74.0 cm³/mol. The Hall–Kier alpha value is -0.820. The molecule has 94 valence electrons. The Morgan fingerprint density at radius 1 is 1.29 bits per heavy atom. The van der Waals surface area contributed by atoms with Gasteiger partial charge < -0.3 is 5.73 Å². The average molecular weight is 231 g/mol. The van der Waals surface area contributed by atoms with Gasteiger partial charge in [-0.15, -0.1) is 0 Å². The Balaban J connectivity index is 2.27. The molecule has 0 amide bonds. The lowest BCUT2D eigenvalue weighted by molar-refractivity contribution is 0.219. The van der Waals surface area contributed by atoms with Crippen LogP contribution in [0.1, 0.15) is 69.5 Å². The molecule has 1 nitrogen and oxygen atoms in total. The fourth-order valence-electron chi connectivity index (χ4n) is 3.26. The SMILES string of the molecule is CC(N)c1ccccc1C1CCCC(C)(C)C1. The summed E-state index contributed by atoms with van der Waals surface area (Å²) in [6.07, 6.45) is 5.35. The van der Waals surface area contributed by atoms with Gasteiger partial charge in [0.1, 0.15) is 0 Å². The molecular formula is C16H25N. The monoisotopic (exact) mass is 231 g/mol. The molecule has 0 aliphatic heterocycles. The second-order valence-corrected chi connectivity index (χ2v) is 6.38. The zero-order chi connectivity index (χ0) is 12.5. The standard InChI is InChI=1S/C16H25N/c1-12(17)14-8-4-5-9-15(14)13-7-6-10-16(2,3)11-13/h4-5,8-9,12-13H,6-7,10-11,17H2,1-3H3. The molecular weight excluding hydrogens is 206 g/mol. The van der Waals surface area contributed by atoms with Crippen molar-refractivity contribution in [2.75, 3.05) is 0 Å². The summed E-state index contributed by atoms with van der Waals surface area (Å²) in [6, 6.07) is 8.89. The van der Waals surface area contributed by atoms with E-state index in [2.05, 4.69) is 45.0 Å². The van der Waals surface area contributed by atoms with E-state index in [1.54, 1.807) is 0 Å². The van der Waals surface area contributed by atoms with Crippen LogP contribution in [0, 0.1) is 5.41 Å². The summed E-state index contributed by atoms with van der Waals surface area (Å²) >= 11 is 0. The van der Waals surface area contributed by atoms with E-state index < -0.39 is 0 Å². The van der Waals surface area contributed by atoms with Crippen LogP contribution < -0.4 is 5.73 Å². The normalized spacial score (nSPS) is 25.5. The zero-order valence-electron chi connectivity index (χ0n) is 11.4. The maximum Gasteiger partial charge on any atom is 0.0268 e. The molecule has 0 aromatic heterocycles. The van der Waals surface area contributed by atoms with Crippen molar-refractivity contribution in [1.29, 1.82) is 0 Å². The summed E-state index contributed by atoms with van der Waals surface area (Å²) in [5.41, 5.74) is 9.42. The van der Waals surface area contributed by atoms with Gasteiger partial charge >= 0.3 is 0 Å². The molecule has 0 spiro atoms. The quantitative estimate of drug-likeness (QED) is 0.802. The van der Waals surface area contributed by atoms with E-state index in [1.807, 2.05) is 0 Å². The van der Waals surface area contributed by atoms with Crippen molar-refractivity contribution in [3.8, 4) is 0 Å². The lowest BCUT2D eigenvalue weighted by Crippen LogP contribution is -2.23. The Morgan fingerprint density at radius 3 is 2.65 bits per heavy atom. The molecule has 0 radical (unpaired) electrons. The lowest BCUT2D eigenvalue weighted by atomic mass is 9.69. The number of hydrogen-bond donors (Lipinski definition) is 1. The fraction of sp³-hybridized carbons (Fsp3) is 0.625. The predicted octanol–water partition coefficient (Wildman–Crippen LogP) is 4.39. The van der Waals surface area contributed by atoms with E-state index in [9.17, 15) is 0 Å². The Kier molecular flexibility index (Phi) is 3.58. The molecule has 2 atom stereocenters. The van der Waals surface area contributed by atoms with Gasteiger partial charge in [0, 0.05) is 6.04 Å². The third-order valence-electron chi connectivity index (χ3n) is 4.13. The first-order valence-electron chi connectivity index (χ1n) is 6.84. The van der Waals surface area contributed by atoms with Gasteiger partial charge in [0.05, 0.1) is 0 Å². The highest BCUT2D eigenvalue weighted by atomic mass is 14.6. The smallest absolute Gasteiger partial charge is 0.0268 e. The van der Waals surface area contributed by atoms with Gasteiger partial charge in [-0.2, -0.15) is 0 Å². The van der Waals surface area contributed by atoms with Crippen LogP contribution in [0.15, 0.2) is 24.3 Å². The largest absolute Gasteiger partial charge is 0.324 e. The van der Waals surface area contributed by atoms with Crippen LogP contribution in [0.25, 0.3) is 0 Å². The summed E-state index contributed by atoms with van der Waals surface area (Å²) in [5, 5.41) is 0. The molecule has 1 aliphatic rings. The van der Waals surface area contributed by atoms with Crippen molar-refractivity contribution in [3.63, 3.8) is 0 Å². The number of hydrogen-bond acceptors (Lipinski definition) is 1. The lowest BCUT2D eigenvalue weighted by Gasteiger charge is -2.36. The van der Waals surface area contributed by atoms with Crippen molar-refractivity contribution in [2.45, 2.75) is 58.4 Å². The molecule has 1 fully saturated rings. The highest BCUT2D eigenvalue weighted by Gasteiger charge is 2.29. The summed E-state index contributed by atoms with van der Waals surface area (Å²) < 4.78 is 0. The highest BCUT2D eigenvalue weighted by molar-refractivity contribution is 5.33. The van der Waals surface area contributed by atoms with E-state index in [0.29, 0.717) is 11.3 Å². The molecule has 1 aromatic carbocycles. The highest BCUT2D eigenvalue weighted by Crippen LogP contribution is 2.44. The van der Waals surface area contributed by atoms with E-state index in [1.165, 1.54) is 36.8 Å². The van der Waals surface area contributed by atoms with Crippen LogP contribution >= 0.6 is 0 Å². The molecule has 2 N–H and O–H groups in total. The Labute approximate surface area is 105 Å². The fourth-order valence-corrected chi connectivity index (χ4v) is 3.26. The summed E-state index contributed by atoms with van der Waals surface area (Å²) in [4.78, 5) is 0. The third-order valence-corrected chi connectivity index (χ3v) is 4.13. The molecule has 1 aliphatic carbocycles. The first-order valence-corrected chi connectivity index (χ1v) is 6.84. The van der Waals surface area contributed by atoms with Crippen LogP contribution in [-0.4, -0.2) is 0 Å². The molecule has 1 aromatic rings. The van der Waals surface area contributed by atoms with Crippen LogP contribution in [0.3, 0.4) is 0 Å². The molecule has 2 unspecified atom stereocenters. The van der Waals surface area contributed by atoms with Crippen molar-refractivity contribution < 1.29 is 0 Å². The van der Waals surface area contributed by atoms with Gasteiger partial charge in [-0.05, 0) is 48.6 Å². The topological polar surface area (TPSA) is 26.0 Å². The number of nitrogens with two attached hydrogens (primary N) is 1. The van der Waals surface area contributed by atoms with E-state index in [4.69, 9.17) is 5.73 Å². The van der Waals surface area contributed by atoms with Gasteiger partial charge in [-0.25, -0.2) is 0 Å². The van der Waals surface area contributed by atoms with Gasteiger partial charge in [-0.1, -0.05) is 44.5 Å². The zero-order valence-corrected chi connectivity index (χ0v) is 11.4. The second-order valence-electron chi connectivity index (χ2n) is 6.38. The van der Waals surface area contributed by atoms with Gasteiger partial charge in [0.25, 0.3) is 0 Å². The minimum atomic E-state index is 0.149. The molecule has 0 heterocycles. The first kappa shape index (κ1) is 12.6. The van der Waals surface area contributed by atoms with Crippen LogP contribution in [-0.2, 0) is 0 Å². The van der Waals surface area contributed by atoms with Crippen molar-refractivity contribution in [2.24, 2.45) is 11.1 Å². The molecule has 0 bridgehead atoms. The van der Waals surface area contributed by atoms with Crippen molar-refractivity contribution in [3.05, 3.63) is 35.4 Å². The van der Waals surface area contributed by atoms with Crippen LogP contribution in [0.2, 0.25) is 0 Å².